The van der Waals surface area contributed by atoms with E-state index in [1.807, 2.05) is 0 Å². The Morgan fingerprint density at radius 3 is 2.70 bits per heavy atom. The van der Waals surface area contributed by atoms with Crippen molar-refractivity contribution < 1.29 is 19.4 Å². The maximum atomic E-state index is 10.8. The highest BCUT2D eigenvalue weighted by molar-refractivity contribution is 5.84. The van der Waals surface area contributed by atoms with Crippen molar-refractivity contribution in [3.05, 3.63) is 23.2 Å². The molecule has 1 aliphatic carbocycles. The van der Waals surface area contributed by atoms with E-state index in [0.717, 1.165) is 31.2 Å². The lowest BCUT2D eigenvalue weighted by Crippen LogP contribution is -2.43. The molecule has 0 spiro atoms. The normalized spacial score (nSPS) is 26.6. The quantitative estimate of drug-likeness (QED) is 0.771. The predicted octanol–water partition coefficient (Wildman–Crippen LogP) is 2.32. The van der Waals surface area contributed by atoms with Gasteiger partial charge in [0.05, 0.1) is 5.60 Å². The van der Waals surface area contributed by atoms with Crippen LogP contribution in [-0.4, -0.2) is 28.3 Å². The first-order valence-electron chi connectivity index (χ1n) is 7.15. The van der Waals surface area contributed by atoms with Crippen LogP contribution in [0.3, 0.4) is 0 Å². The molecule has 0 radical (unpaired) electrons. The van der Waals surface area contributed by atoms with Crippen LogP contribution in [0.1, 0.15) is 54.5 Å². The number of furan rings is 1. The second-order valence-electron chi connectivity index (χ2n) is 6.01. The van der Waals surface area contributed by atoms with Gasteiger partial charge in [0.2, 0.25) is 5.76 Å². The minimum Gasteiger partial charge on any atom is -0.475 e. The summed E-state index contributed by atoms with van der Waals surface area (Å²) in [5, 5.41) is 22.5. The molecule has 0 atom stereocenters. The standard InChI is InChI=1S/C15H23NO4/c1-10-3-5-15(19,6-4-10)9-16-8-12-7-13(14(17)18)20-11(12)2/h7,10,16,19H,3-6,8-9H2,1-2H3,(H,17,18). The predicted molar refractivity (Wildman–Crippen MR) is 74.7 cm³/mol. The third-order valence-corrected chi connectivity index (χ3v) is 4.21. The van der Waals surface area contributed by atoms with Crippen molar-refractivity contribution in [2.45, 2.75) is 51.7 Å². The molecule has 1 saturated carbocycles. The number of aromatic carboxylic acids is 1. The fourth-order valence-electron chi connectivity index (χ4n) is 2.71. The highest BCUT2D eigenvalue weighted by Crippen LogP contribution is 2.31. The van der Waals surface area contributed by atoms with E-state index in [2.05, 4.69) is 12.2 Å². The zero-order valence-electron chi connectivity index (χ0n) is 12.1. The molecule has 20 heavy (non-hydrogen) atoms. The van der Waals surface area contributed by atoms with Gasteiger partial charge >= 0.3 is 5.97 Å². The minimum absolute atomic E-state index is 0.0375. The Kier molecular flexibility index (Phi) is 4.50. The number of carboxylic acids is 1. The van der Waals surface area contributed by atoms with Gasteiger partial charge < -0.3 is 19.9 Å². The molecule has 0 aliphatic heterocycles. The van der Waals surface area contributed by atoms with Crippen LogP contribution in [0.25, 0.3) is 0 Å². The molecular weight excluding hydrogens is 258 g/mol. The Bertz CT molecular complexity index is 472. The van der Waals surface area contributed by atoms with Crippen LogP contribution in [-0.2, 0) is 6.54 Å². The summed E-state index contributed by atoms with van der Waals surface area (Å²) in [4.78, 5) is 10.8. The van der Waals surface area contributed by atoms with Crippen LogP contribution in [0.4, 0.5) is 0 Å². The average molecular weight is 281 g/mol. The Balaban J connectivity index is 1.85. The van der Waals surface area contributed by atoms with E-state index in [4.69, 9.17) is 9.52 Å². The summed E-state index contributed by atoms with van der Waals surface area (Å²) >= 11 is 0. The molecule has 0 aromatic carbocycles. The largest absolute Gasteiger partial charge is 0.475 e. The third kappa shape index (κ3) is 3.61. The average Bonchev–Trinajstić information content (AvgIpc) is 2.76. The summed E-state index contributed by atoms with van der Waals surface area (Å²) < 4.78 is 5.16. The number of aryl methyl sites for hydroxylation is 1. The molecule has 0 bridgehead atoms. The van der Waals surface area contributed by atoms with Crippen LogP contribution >= 0.6 is 0 Å². The van der Waals surface area contributed by atoms with Crippen molar-refractivity contribution in [3.63, 3.8) is 0 Å². The maximum Gasteiger partial charge on any atom is 0.371 e. The number of carboxylic acid groups (broad SMARTS) is 1. The van der Waals surface area contributed by atoms with Crippen molar-refractivity contribution in [2.75, 3.05) is 6.54 Å². The Hall–Kier alpha value is -1.33. The van der Waals surface area contributed by atoms with E-state index >= 15 is 0 Å². The molecule has 112 valence electrons. The Labute approximate surface area is 119 Å². The van der Waals surface area contributed by atoms with Crippen LogP contribution in [0.2, 0.25) is 0 Å². The van der Waals surface area contributed by atoms with Gasteiger partial charge in [-0.15, -0.1) is 0 Å². The van der Waals surface area contributed by atoms with E-state index < -0.39 is 11.6 Å². The lowest BCUT2D eigenvalue weighted by molar-refractivity contribution is -0.00632. The van der Waals surface area contributed by atoms with E-state index in [1.54, 1.807) is 6.92 Å². The maximum absolute atomic E-state index is 10.8. The summed E-state index contributed by atoms with van der Waals surface area (Å²) in [7, 11) is 0. The van der Waals surface area contributed by atoms with Crippen molar-refractivity contribution >= 4 is 5.97 Å². The summed E-state index contributed by atoms with van der Waals surface area (Å²) in [6.45, 7) is 5.02. The van der Waals surface area contributed by atoms with Crippen molar-refractivity contribution in [2.24, 2.45) is 5.92 Å². The Morgan fingerprint density at radius 1 is 1.50 bits per heavy atom. The molecule has 1 fully saturated rings. The van der Waals surface area contributed by atoms with Crippen LogP contribution in [0, 0.1) is 12.8 Å². The number of rotatable bonds is 5. The molecule has 1 aromatic rings. The molecular formula is C15H23NO4. The number of hydrogen-bond donors (Lipinski definition) is 3. The van der Waals surface area contributed by atoms with E-state index in [0.29, 0.717) is 24.8 Å². The molecule has 1 heterocycles. The zero-order valence-corrected chi connectivity index (χ0v) is 12.1. The van der Waals surface area contributed by atoms with Gasteiger partial charge in [0, 0.05) is 18.7 Å². The van der Waals surface area contributed by atoms with Crippen molar-refractivity contribution in [1.29, 1.82) is 0 Å². The number of carbonyl (C=O) groups is 1. The SMILES string of the molecule is Cc1oc(C(=O)O)cc1CNCC1(O)CCC(C)CC1. The van der Waals surface area contributed by atoms with Gasteiger partial charge in [-0.2, -0.15) is 0 Å². The van der Waals surface area contributed by atoms with Crippen LogP contribution in [0.15, 0.2) is 10.5 Å². The first-order valence-corrected chi connectivity index (χ1v) is 7.15. The van der Waals surface area contributed by atoms with Gasteiger partial charge in [0.25, 0.3) is 0 Å². The highest BCUT2D eigenvalue weighted by Gasteiger charge is 2.31. The lowest BCUT2D eigenvalue weighted by atomic mass is 9.79. The highest BCUT2D eigenvalue weighted by atomic mass is 16.4. The number of aliphatic hydroxyl groups is 1. The van der Waals surface area contributed by atoms with Gasteiger partial charge in [0.15, 0.2) is 0 Å². The summed E-state index contributed by atoms with van der Waals surface area (Å²) in [5.41, 5.74) is 0.204. The van der Waals surface area contributed by atoms with Gasteiger partial charge in [-0.1, -0.05) is 6.92 Å². The van der Waals surface area contributed by atoms with Gasteiger partial charge in [0.1, 0.15) is 5.76 Å². The van der Waals surface area contributed by atoms with Gasteiger partial charge in [-0.3, -0.25) is 0 Å². The minimum atomic E-state index is -1.06. The van der Waals surface area contributed by atoms with Crippen LogP contribution < -0.4 is 5.32 Å². The molecule has 1 aromatic heterocycles. The van der Waals surface area contributed by atoms with E-state index in [-0.39, 0.29) is 5.76 Å². The topological polar surface area (TPSA) is 82.7 Å². The fraction of sp³-hybridized carbons (Fsp3) is 0.667. The molecule has 0 amide bonds. The molecule has 5 heteroatoms. The second kappa shape index (κ2) is 5.97. The van der Waals surface area contributed by atoms with Crippen molar-refractivity contribution in [1.82, 2.24) is 5.32 Å². The fourth-order valence-corrected chi connectivity index (χ4v) is 2.71. The summed E-state index contributed by atoms with van der Waals surface area (Å²) in [6, 6.07) is 1.54. The van der Waals surface area contributed by atoms with Crippen molar-refractivity contribution in [3.8, 4) is 0 Å². The lowest BCUT2D eigenvalue weighted by Gasteiger charge is -2.35. The van der Waals surface area contributed by atoms with Gasteiger partial charge in [-0.25, -0.2) is 4.79 Å². The number of hydrogen-bond acceptors (Lipinski definition) is 4. The van der Waals surface area contributed by atoms with Crippen LogP contribution in [0.5, 0.6) is 0 Å². The monoisotopic (exact) mass is 281 g/mol. The smallest absolute Gasteiger partial charge is 0.371 e. The zero-order chi connectivity index (χ0) is 14.8. The summed E-state index contributed by atoms with van der Waals surface area (Å²) in [5.74, 6) is 0.215. The molecule has 1 aliphatic rings. The number of nitrogens with one attached hydrogen (secondary N) is 1. The second-order valence-corrected chi connectivity index (χ2v) is 6.01. The first-order chi connectivity index (χ1) is 9.39. The Morgan fingerprint density at radius 2 is 2.15 bits per heavy atom. The molecule has 2 rings (SSSR count). The summed E-state index contributed by atoms with van der Waals surface area (Å²) in [6.07, 6.45) is 3.77. The van der Waals surface area contributed by atoms with Gasteiger partial charge in [-0.05, 0) is 44.6 Å². The van der Waals surface area contributed by atoms with E-state index in [9.17, 15) is 9.90 Å². The molecule has 0 unspecified atom stereocenters. The molecule has 0 saturated heterocycles. The third-order valence-electron chi connectivity index (χ3n) is 4.21. The molecule has 5 nitrogen and oxygen atoms in total. The van der Waals surface area contributed by atoms with E-state index in [1.165, 1.54) is 6.07 Å². The molecule has 3 N–H and O–H groups in total. The first kappa shape index (κ1) is 15.1.